The van der Waals surface area contributed by atoms with Crippen LogP contribution in [0.15, 0.2) is 18.2 Å². The predicted molar refractivity (Wildman–Crippen MR) is 76.5 cm³/mol. The SMILES string of the molecule is Cc1cccc(Cl)c1NC(=O)CN(CCO)C1CC1. The molecule has 1 amide bonds. The van der Waals surface area contributed by atoms with Crippen molar-refractivity contribution in [1.29, 1.82) is 0 Å². The van der Waals surface area contributed by atoms with Crippen molar-refractivity contribution >= 4 is 23.2 Å². The van der Waals surface area contributed by atoms with E-state index in [1.165, 1.54) is 0 Å². The molecule has 0 unspecified atom stereocenters. The number of para-hydroxylation sites is 1. The van der Waals surface area contributed by atoms with Gasteiger partial charge in [-0.25, -0.2) is 0 Å². The molecule has 19 heavy (non-hydrogen) atoms. The number of benzene rings is 1. The molecule has 0 spiro atoms. The lowest BCUT2D eigenvalue weighted by Gasteiger charge is -2.20. The second-order valence-electron chi connectivity index (χ2n) is 4.91. The lowest BCUT2D eigenvalue weighted by atomic mass is 10.2. The molecule has 0 aromatic heterocycles. The largest absolute Gasteiger partial charge is 0.395 e. The Morgan fingerprint density at radius 3 is 2.84 bits per heavy atom. The highest BCUT2D eigenvalue weighted by Crippen LogP contribution is 2.27. The maximum Gasteiger partial charge on any atom is 0.238 e. The fraction of sp³-hybridized carbons (Fsp3) is 0.500. The molecule has 1 aliphatic rings. The molecule has 4 nitrogen and oxygen atoms in total. The van der Waals surface area contributed by atoms with Gasteiger partial charge in [0.15, 0.2) is 0 Å². The fourth-order valence-corrected chi connectivity index (χ4v) is 2.38. The molecule has 0 bridgehead atoms. The summed E-state index contributed by atoms with van der Waals surface area (Å²) in [6.07, 6.45) is 2.22. The number of hydrogen-bond acceptors (Lipinski definition) is 3. The Bertz CT molecular complexity index is 441. The average Bonchev–Trinajstić information content (AvgIpc) is 3.18. The molecule has 1 aliphatic carbocycles. The van der Waals surface area contributed by atoms with Gasteiger partial charge in [-0.05, 0) is 31.4 Å². The number of carbonyl (C=O) groups is 1. The Labute approximate surface area is 118 Å². The van der Waals surface area contributed by atoms with Crippen LogP contribution in [-0.4, -0.2) is 41.7 Å². The van der Waals surface area contributed by atoms with Gasteiger partial charge in [0.05, 0.1) is 23.9 Å². The first-order valence-corrected chi connectivity index (χ1v) is 6.89. The van der Waals surface area contributed by atoms with E-state index in [-0.39, 0.29) is 12.5 Å². The molecule has 0 aliphatic heterocycles. The van der Waals surface area contributed by atoms with Crippen molar-refractivity contribution in [3.05, 3.63) is 28.8 Å². The van der Waals surface area contributed by atoms with Crippen LogP contribution in [0.2, 0.25) is 5.02 Å². The minimum absolute atomic E-state index is 0.0783. The Balaban J connectivity index is 1.96. The Morgan fingerprint density at radius 1 is 1.53 bits per heavy atom. The van der Waals surface area contributed by atoms with Crippen molar-refractivity contribution in [1.82, 2.24) is 4.90 Å². The number of hydrogen-bond donors (Lipinski definition) is 2. The molecule has 2 rings (SSSR count). The van der Waals surface area contributed by atoms with Gasteiger partial charge < -0.3 is 10.4 Å². The van der Waals surface area contributed by atoms with Gasteiger partial charge in [-0.2, -0.15) is 0 Å². The zero-order valence-corrected chi connectivity index (χ0v) is 11.8. The van der Waals surface area contributed by atoms with Gasteiger partial charge in [-0.3, -0.25) is 9.69 Å². The minimum Gasteiger partial charge on any atom is -0.395 e. The van der Waals surface area contributed by atoms with E-state index in [1.54, 1.807) is 6.07 Å². The summed E-state index contributed by atoms with van der Waals surface area (Å²) >= 11 is 6.08. The molecule has 1 saturated carbocycles. The summed E-state index contributed by atoms with van der Waals surface area (Å²) in [6.45, 7) is 2.83. The smallest absolute Gasteiger partial charge is 0.238 e. The number of aliphatic hydroxyl groups is 1. The van der Waals surface area contributed by atoms with Gasteiger partial charge in [-0.1, -0.05) is 23.7 Å². The Hall–Kier alpha value is -1.10. The summed E-state index contributed by atoms with van der Waals surface area (Å²) in [6, 6.07) is 5.98. The molecule has 1 fully saturated rings. The van der Waals surface area contributed by atoms with Crippen molar-refractivity contribution in [3.8, 4) is 0 Å². The second-order valence-corrected chi connectivity index (χ2v) is 5.31. The molecule has 1 aromatic carbocycles. The molecule has 0 radical (unpaired) electrons. The van der Waals surface area contributed by atoms with Crippen LogP contribution in [0, 0.1) is 6.92 Å². The number of aryl methyl sites for hydroxylation is 1. The van der Waals surface area contributed by atoms with Crippen LogP contribution in [-0.2, 0) is 4.79 Å². The van der Waals surface area contributed by atoms with Crippen molar-refractivity contribution in [2.24, 2.45) is 0 Å². The van der Waals surface area contributed by atoms with Crippen molar-refractivity contribution in [2.75, 3.05) is 25.0 Å². The molecule has 5 heteroatoms. The topological polar surface area (TPSA) is 52.6 Å². The van der Waals surface area contributed by atoms with Crippen LogP contribution >= 0.6 is 11.6 Å². The third-order valence-electron chi connectivity index (χ3n) is 3.28. The number of halogens is 1. The molecule has 0 atom stereocenters. The predicted octanol–water partition coefficient (Wildman–Crippen LogP) is 2.04. The number of nitrogens with zero attached hydrogens (tertiary/aromatic N) is 1. The summed E-state index contributed by atoms with van der Waals surface area (Å²) in [5.74, 6) is -0.0865. The number of aliphatic hydroxyl groups excluding tert-OH is 1. The summed E-state index contributed by atoms with van der Waals surface area (Å²) in [5, 5.41) is 12.4. The van der Waals surface area contributed by atoms with Crippen LogP contribution in [0.4, 0.5) is 5.69 Å². The van der Waals surface area contributed by atoms with Crippen LogP contribution < -0.4 is 5.32 Å². The van der Waals surface area contributed by atoms with Crippen LogP contribution in [0.1, 0.15) is 18.4 Å². The highest BCUT2D eigenvalue weighted by molar-refractivity contribution is 6.33. The molecule has 104 valence electrons. The van der Waals surface area contributed by atoms with E-state index >= 15 is 0 Å². The summed E-state index contributed by atoms with van der Waals surface area (Å²) < 4.78 is 0. The lowest BCUT2D eigenvalue weighted by Crippen LogP contribution is -2.36. The third kappa shape index (κ3) is 3.93. The lowest BCUT2D eigenvalue weighted by molar-refractivity contribution is -0.117. The quantitative estimate of drug-likeness (QED) is 0.840. The van der Waals surface area contributed by atoms with Gasteiger partial charge in [0.2, 0.25) is 5.91 Å². The summed E-state index contributed by atoms with van der Waals surface area (Å²) in [5.41, 5.74) is 1.62. The van der Waals surface area contributed by atoms with Crippen LogP contribution in [0.25, 0.3) is 0 Å². The maximum atomic E-state index is 12.0. The standard InChI is InChI=1S/C14H19ClN2O2/c1-10-3-2-4-12(15)14(10)16-13(19)9-17(7-8-18)11-5-6-11/h2-4,11,18H,5-9H2,1H3,(H,16,19). The van der Waals surface area contributed by atoms with E-state index in [0.29, 0.717) is 29.8 Å². The highest BCUT2D eigenvalue weighted by atomic mass is 35.5. The Morgan fingerprint density at radius 2 is 2.26 bits per heavy atom. The second kappa shape index (κ2) is 6.37. The van der Waals surface area contributed by atoms with Gasteiger partial charge in [0.1, 0.15) is 0 Å². The fourth-order valence-electron chi connectivity index (χ4n) is 2.11. The monoisotopic (exact) mass is 282 g/mol. The number of rotatable bonds is 6. The van der Waals surface area contributed by atoms with E-state index in [2.05, 4.69) is 5.32 Å². The van der Waals surface area contributed by atoms with E-state index < -0.39 is 0 Å². The normalized spacial score (nSPS) is 14.7. The van der Waals surface area contributed by atoms with E-state index in [4.69, 9.17) is 16.7 Å². The number of anilines is 1. The number of nitrogens with one attached hydrogen (secondary N) is 1. The molecule has 2 N–H and O–H groups in total. The van der Waals surface area contributed by atoms with Gasteiger partial charge in [0.25, 0.3) is 0 Å². The average molecular weight is 283 g/mol. The number of carbonyl (C=O) groups excluding carboxylic acids is 1. The molecule has 1 aromatic rings. The molecular formula is C14H19ClN2O2. The van der Waals surface area contributed by atoms with Gasteiger partial charge >= 0.3 is 0 Å². The van der Waals surface area contributed by atoms with Crippen molar-refractivity contribution in [3.63, 3.8) is 0 Å². The van der Waals surface area contributed by atoms with E-state index in [0.717, 1.165) is 18.4 Å². The van der Waals surface area contributed by atoms with E-state index in [9.17, 15) is 4.79 Å². The minimum atomic E-state index is -0.0865. The van der Waals surface area contributed by atoms with E-state index in [1.807, 2.05) is 24.0 Å². The van der Waals surface area contributed by atoms with Crippen LogP contribution in [0.5, 0.6) is 0 Å². The molecule has 0 saturated heterocycles. The van der Waals surface area contributed by atoms with Crippen molar-refractivity contribution < 1.29 is 9.90 Å². The Kier molecular flexibility index (Phi) is 4.80. The number of amides is 1. The summed E-state index contributed by atoms with van der Waals surface area (Å²) in [7, 11) is 0. The molecular weight excluding hydrogens is 264 g/mol. The highest BCUT2D eigenvalue weighted by Gasteiger charge is 2.29. The first-order valence-electron chi connectivity index (χ1n) is 6.51. The molecule has 0 heterocycles. The first-order chi connectivity index (χ1) is 9.11. The first kappa shape index (κ1) is 14.3. The zero-order valence-electron chi connectivity index (χ0n) is 11.0. The third-order valence-corrected chi connectivity index (χ3v) is 3.60. The van der Waals surface area contributed by atoms with Crippen LogP contribution in [0.3, 0.4) is 0 Å². The van der Waals surface area contributed by atoms with Crippen molar-refractivity contribution in [2.45, 2.75) is 25.8 Å². The van der Waals surface area contributed by atoms with Gasteiger partial charge in [-0.15, -0.1) is 0 Å². The zero-order chi connectivity index (χ0) is 13.8. The van der Waals surface area contributed by atoms with Gasteiger partial charge in [0, 0.05) is 12.6 Å². The summed E-state index contributed by atoms with van der Waals surface area (Å²) in [4.78, 5) is 14.1. The maximum absolute atomic E-state index is 12.0.